The second kappa shape index (κ2) is 7.47. The number of hydrogen-bond donors (Lipinski definition) is 1. The van der Waals surface area contributed by atoms with Gasteiger partial charge in [-0.05, 0) is 68.2 Å². The molecule has 0 atom stereocenters. The number of nitrogens with zero attached hydrogens (tertiary/aromatic N) is 3. The molecular weight excluding hydrogens is 348 g/mol. The zero-order valence-electron chi connectivity index (χ0n) is 16.1. The molecule has 0 aliphatic heterocycles. The van der Waals surface area contributed by atoms with E-state index in [1.807, 2.05) is 18.3 Å². The molecular formula is C23H26N4O. The number of para-hydroxylation sites is 1. The van der Waals surface area contributed by atoms with Gasteiger partial charge in [-0.2, -0.15) is 5.10 Å². The summed E-state index contributed by atoms with van der Waals surface area (Å²) in [5.74, 6) is 0. The molecule has 0 amide bonds. The number of benzene rings is 1. The van der Waals surface area contributed by atoms with Crippen LogP contribution in [0.4, 0.5) is 0 Å². The summed E-state index contributed by atoms with van der Waals surface area (Å²) in [5.41, 5.74) is 4.74. The molecule has 0 radical (unpaired) electrons. The summed E-state index contributed by atoms with van der Waals surface area (Å²) in [6.07, 6.45) is 9.25. The van der Waals surface area contributed by atoms with Gasteiger partial charge in [-0.25, -0.2) is 4.68 Å². The molecule has 3 aromatic rings. The van der Waals surface area contributed by atoms with Crippen molar-refractivity contribution in [2.45, 2.75) is 63.6 Å². The molecule has 144 valence electrons. The average Bonchev–Trinajstić information content (AvgIpc) is 3.19. The van der Waals surface area contributed by atoms with Gasteiger partial charge >= 0.3 is 0 Å². The number of rotatable bonds is 4. The van der Waals surface area contributed by atoms with Crippen LogP contribution in [0.5, 0.6) is 0 Å². The Morgan fingerprint density at radius 1 is 1.07 bits per heavy atom. The minimum atomic E-state index is 0.0836. The van der Waals surface area contributed by atoms with E-state index in [0.29, 0.717) is 6.04 Å². The highest BCUT2D eigenvalue weighted by Crippen LogP contribution is 2.28. The van der Waals surface area contributed by atoms with E-state index in [4.69, 9.17) is 5.10 Å². The van der Waals surface area contributed by atoms with E-state index in [9.17, 15) is 4.79 Å². The second-order valence-corrected chi connectivity index (χ2v) is 8.13. The Bertz CT molecular complexity index is 1040. The molecule has 1 saturated carbocycles. The summed E-state index contributed by atoms with van der Waals surface area (Å²) in [6, 6.07) is 13.0. The average molecular weight is 374 g/mol. The third-order valence-corrected chi connectivity index (χ3v) is 6.35. The smallest absolute Gasteiger partial charge is 0.267 e. The number of hydrogen-bond acceptors (Lipinski definition) is 4. The number of fused-ring (bicyclic) bond motifs is 2. The van der Waals surface area contributed by atoms with Crippen molar-refractivity contribution in [1.82, 2.24) is 20.1 Å². The molecule has 0 bridgehead atoms. The highest BCUT2D eigenvalue weighted by atomic mass is 16.1. The van der Waals surface area contributed by atoms with Crippen molar-refractivity contribution in [3.05, 3.63) is 69.8 Å². The van der Waals surface area contributed by atoms with E-state index in [1.54, 1.807) is 4.68 Å². The van der Waals surface area contributed by atoms with Crippen molar-refractivity contribution in [3.8, 4) is 0 Å². The lowest BCUT2D eigenvalue weighted by Crippen LogP contribution is -2.36. The van der Waals surface area contributed by atoms with E-state index in [2.05, 4.69) is 34.6 Å². The molecule has 2 heterocycles. The van der Waals surface area contributed by atoms with Crippen LogP contribution in [-0.2, 0) is 19.4 Å². The number of nitrogens with one attached hydrogen (secondary N) is 1. The molecule has 2 aliphatic rings. The molecule has 1 aromatic carbocycles. The van der Waals surface area contributed by atoms with Gasteiger partial charge in [0.25, 0.3) is 5.56 Å². The van der Waals surface area contributed by atoms with Crippen molar-refractivity contribution in [3.63, 3.8) is 0 Å². The van der Waals surface area contributed by atoms with Gasteiger partial charge in [0.05, 0.1) is 17.3 Å². The summed E-state index contributed by atoms with van der Waals surface area (Å²) in [5, 5.41) is 9.65. The fourth-order valence-electron chi connectivity index (χ4n) is 4.76. The van der Waals surface area contributed by atoms with Crippen LogP contribution < -0.4 is 10.9 Å². The summed E-state index contributed by atoms with van der Waals surface area (Å²) < 4.78 is 1.77. The van der Waals surface area contributed by atoms with E-state index in [0.717, 1.165) is 62.7 Å². The van der Waals surface area contributed by atoms with Crippen LogP contribution in [-0.4, -0.2) is 20.8 Å². The van der Waals surface area contributed by atoms with Crippen molar-refractivity contribution >= 4 is 10.9 Å². The molecule has 2 aromatic heterocycles. The predicted molar refractivity (Wildman–Crippen MR) is 110 cm³/mol. The molecule has 1 N–H and O–H groups in total. The van der Waals surface area contributed by atoms with Gasteiger partial charge in [-0.3, -0.25) is 9.78 Å². The standard InChI is InChI=1S/C23H26N4O/c28-23-14-16-4-3-7-21(16)26-27(23)19-10-8-18(9-11-19)25-15-17-12-13-24-22-6-2-1-5-20(17)22/h1-2,5-6,12-14,18-19,25H,3-4,7-11,15H2. The van der Waals surface area contributed by atoms with Gasteiger partial charge in [-0.1, -0.05) is 18.2 Å². The summed E-state index contributed by atoms with van der Waals surface area (Å²) in [4.78, 5) is 16.9. The lowest BCUT2D eigenvalue weighted by Gasteiger charge is -2.30. The zero-order chi connectivity index (χ0) is 18.9. The van der Waals surface area contributed by atoms with E-state index in [1.165, 1.54) is 16.5 Å². The minimum Gasteiger partial charge on any atom is -0.310 e. The monoisotopic (exact) mass is 374 g/mol. The number of aryl methyl sites for hydroxylation is 2. The van der Waals surface area contributed by atoms with Crippen molar-refractivity contribution in [2.75, 3.05) is 0 Å². The van der Waals surface area contributed by atoms with Crippen LogP contribution in [0, 0.1) is 0 Å². The quantitative estimate of drug-likeness (QED) is 0.759. The van der Waals surface area contributed by atoms with E-state index < -0.39 is 0 Å². The number of aromatic nitrogens is 3. The Morgan fingerprint density at radius 2 is 1.93 bits per heavy atom. The first-order chi connectivity index (χ1) is 13.8. The third kappa shape index (κ3) is 3.35. The van der Waals surface area contributed by atoms with Crippen LogP contribution in [0.3, 0.4) is 0 Å². The van der Waals surface area contributed by atoms with Crippen molar-refractivity contribution in [1.29, 1.82) is 0 Å². The van der Waals surface area contributed by atoms with Crippen LogP contribution in [0.2, 0.25) is 0 Å². The van der Waals surface area contributed by atoms with Crippen molar-refractivity contribution < 1.29 is 0 Å². The minimum absolute atomic E-state index is 0.0836. The predicted octanol–water partition coefficient (Wildman–Crippen LogP) is 3.55. The summed E-state index contributed by atoms with van der Waals surface area (Å²) in [7, 11) is 0. The van der Waals surface area contributed by atoms with Crippen molar-refractivity contribution in [2.24, 2.45) is 0 Å². The Labute approximate surface area is 164 Å². The Balaban J connectivity index is 1.23. The van der Waals surface area contributed by atoms with Gasteiger partial charge in [0.15, 0.2) is 0 Å². The molecule has 2 aliphatic carbocycles. The van der Waals surface area contributed by atoms with Crippen LogP contribution in [0.25, 0.3) is 10.9 Å². The van der Waals surface area contributed by atoms with E-state index >= 15 is 0 Å². The Kier molecular flexibility index (Phi) is 4.69. The highest BCUT2D eigenvalue weighted by molar-refractivity contribution is 5.81. The maximum absolute atomic E-state index is 12.5. The van der Waals surface area contributed by atoms with Crippen LogP contribution in [0.1, 0.15) is 55.0 Å². The lowest BCUT2D eigenvalue weighted by atomic mass is 9.91. The lowest BCUT2D eigenvalue weighted by molar-refractivity contribution is 0.267. The molecule has 0 spiro atoms. The summed E-state index contributed by atoms with van der Waals surface area (Å²) in [6.45, 7) is 0.857. The van der Waals surface area contributed by atoms with Crippen LogP contribution >= 0.6 is 0 Å². The second-order valence-electron chi connectivity index (χ2n) is 8.13. The van der Waals surface area contributed by atoms with E-state index in [-0.39, 0.29) is 11.6 Å². The molecule has 5 rings (SSSR count). The van der Waals surface area contributed by atoms with Gasteiger partial charge in [-0.15, -0.1) is 0 Å². The highest BCUT2D eigenvalue weighted by Gasteiger charge is 2.25. The first-order valence-electron chi connectivity index (χ1n) is 10.5. The first-order valence-corrected chi connectivity index (χ1v) is 10.5. The molecule has 5 heteroatoms. The van der Waals surface area contributed by atoms with Gasteiger partial charge in [0.1, 0.15) is 0 Å². The maximum Gasteiger partial charge on any atom is 0.267 e. The molecule has 1 fully saturated rings. The van der Waals surface area contributed by atoms with Gasteiger partial charge in [0.2, 0.25) is 0 Å². The SMILES string of the molecule is O=c1cc2c(nn1C1CCC(NCc3ccnc4ccccc34)CC1)CCC2. The number of pyridine rings is 1. The molecule has 0 saturated heterocycles. The zero-order valence-corrected chi connectivity index (χ0v) is 16.1. The topological polar surface area (TPSA) is 59.8 Å². The molecule has 5 nitrogen and oxygen atoms in total. The first kappa shape index (κ1) is 17.6. The van der Waals surface area contributed by atoms with Crippen LogP contribution in [0.15, 0.2) is 47.4 Å². The summed E-state index contributed by atoms with van der Waals surface area (Å²) >= 11 is 0. The fraction of sp³-hybridized carbons (Fsp3) is 0.435. The Morgan fingerprint density at radius 3 is 2.82 bits per heavy atom. The van der Waals surface area contributed by atoms with Gasteiger partial charge < -0.3 is 5.32 Å². The van der Waals surface area contributed by atoms with Gasteiger partial charge in [0, 0.05) is 30.2 Å². The molecule has 28 heavy (non-hydrogen) atoms. The Hall–Kier alpha value is -2.53. The largest absolute Gasteiger partial charge is 0.310 e. The molecule has 0 unspecified atom stereocenters. The maximum atomic E-state index is 12.5. The third-order valence-electron chi connectivity index (χ3n) is 6.35. The fourth-order valence-corrected chi connectivity index (χ4v) is 4.76. The normalized spacial score (nSPS) is 21.7.